The van der Waals surface area contributed by atoms with Crippen molar-refractivity contribution in [2.75, 3.05) is 5.73 Å². The highest BCUT2D eigenvalue weighted by atomic mass is 32.1. The van der Waals surface area contributed by atoms with E-state index in [0.29, 0.717) is 5.82 Å². The molecular weight excluding hydrogens is 224 g/mol. The van der Waals surface area contributed by atoms with E-state index in [1.54, 1.807) is 10.9 Å². The van der Waals surface area contributed by atoms with Crippen molar-refractivity contribution in [3.05, 3.63) is 17.9 Å². The van der Waals surface area contributed by atoms with E-state index in [-0.39, 0.29) is 0 Å². The summed E-state index contributed by atoms with van der Waals surface area (Å²) in [6.45, 7) is 0. The van der Waals surface area contributed by atoms with Crippen LogP contribution in [0.2, 0.25) is 0 Å². The summed E-state index contributed by atoms with van der Waals surface area (Å²) in [6.07, 6.45) is 3.17. The summed E-state index contributed by atoms with van der Waals surface area (Å²) in [6, 6.07) is 0. The molecule has 2 N–H and O–H groups in total. The number of rotatable bonds is 1. The lowest BCUT2D eigenvalue weighted by molar-refractivity contribution is 0.788. The molecule has 0 radical (unpaired) electrons. The van der Waals surface area contributed by atoms with E-state index in [2.05, 4.69) is 20.1 Å². The molecule has 0 aromatic carbocycles. The second-order valence-electron chi connectivity index (χ2n) is 3.27. The third-order valence-corrected chi connectivity index (χ3v) is 3.06. The fourth-order valence-electron chi connectivity index (χ4n) is 1.60. The van der Waals surface area contributed by atoms with Gasteiger partial charge in [-0.05, 0) is 0 Å². The Labute approximate surface area is 94.8 Å². The molecule has 16 heavy (non-hydrogen) atoms. The van der Waals surface area contributed by atoms with Gasteiger partial charge in [0.1, 0.15) is 22.8 Å². The van der Waals surface area contributed by atoms with Gasteiger partial charge in [0.05, 0.1) is 5.39 Å². The molecule has 0 spiro atoms. The van der Waals surface area contributed by atoms with E-state index < -0.39 is 0 Å². The van der Waals surface area contributed by atoms with Gasteiger partial charge in [-0.1, -0.05) is 0 Å². The Morgan fingerprint density at radius 1 is 1.31 bits per heavy atom. The van der Waals surface area contributed by atoms with Crippen molar-refractivity contribution < 1.29 is 0 Å². The standard InChI is InChI=1S/C9H8N6S/c1-15-8-5(7(10)12-4-13-8)6(14-15)9-11-2-3-16-9/h2-4H,1H3,(H2,10,12,13). The molecule has 0 aliphatic carbocycles. The van der Waals surface area contributed by atoms with Crippen molar-refractivity contribution in [2.24, 2.45) is 7.05 Å². The molecule has 0 bridgehead atoms. The number of thiazole rings is 1. The molecule has 7 heteroatoms. The second kappa shape index (κ2) is 3.24. The molecule has 0 aliphatic rings. The highest BCUT2D eigenvalue weighted by molar-refractivity contribution is 7.13. The van der Waals surface area contributed by atoms with Crippen molar-refractivity contribution >= 4 is 28.2 Å². The lowest BCUT2D eigenvalue weighted by Crippen LogP contribution is -1.95. The molecule has 6 nitrogen and oxygen atoms in total. The molecule has 80 valence electrons. The Morgan fingerprint density at radius 3 is 2.94 bits per heavy atom. The molecule has 3 heterocycles. The lowest BCUT2D eigenvalue weighted by Gasteiger charge is -1.95. The van der Waals surface area contributed by atoms with Crippen LogP contribution in [0.4, 0.5) is 5.82 Å². The third kappa shape index (κ3) is 1.18. The minimum Gasteiger partial charge on any atom is -0.383 e. The monoisotopic (exact) mass is 232 g/mol. The number of nitrogens with zero attached hydrogens (tertiary/aromatic N) is 5. The zero-order chi connectivity index (χ0) is 11.1. The number of hydrogen-bond donors (Lipinski definition) is 1. The van der Waals surface area contributed by atoms with Crippen molar-refractivity contribution in [3.63, 3.8) is 0 Å². The van der Waals surface area contributed by atoms with Crippen molar-refractivity contribution in [1.29, 1.82) is 0 Å². The summed E-state index contributed by atoms with van der Waals surface area (Å²) < 4.78 is 1.68. The first kappa shape index (κ1) is 9.22. The van der Waals surface area contributed by atoms with Gasteiger partial charge in [-0.25, -0.2) is 19.6 Å². The molecule has 3 rings (SSSR count). The Balaban J connectivity index is 2.42. The van der Waals surface area contributed by atoms with Crippen LogP contribution in [0.3, 0.4) is 0 Å². The molecule has 0 fully saturated rings. The smallest absolute Gasteiger partial charge is 0.163 e. The third-order valence-electron chi connectivity index (χ3n) is 2.28. The van der Waals surface area contributed by atoms with Gasteiger partial charge in [0.15, 0.2) is 5.65 Å². The van der Waals surface area contributed by atoms with Crippen LogP contribution in [0, 0.1) is 0 Å². The maximum Gasteiger partial charge on any atom is 0.163 e. The van der Waals surface area contributed by atoms with Crippen LogP contribution in [0.1, 0.15) is 0 Å². The average Bonchev–Trinajstić information content (AvgIpc) is 2.87. The van der Waals surface area contributed by atoms with Gasteiger partial charge in [-0.3, -0.25) is 0 Å². The highest BCUT2D eigenvalue weighted by Crippen LogP contribution is 2.30. The summed E-state index contributed by atoms with van der Waals surface area (Å²) in [5.41, 5.74) is 7.31. The van der Waals surface area contributed by atoms with Crippen LogP contribution < -0.4 is 5.73 Å². The lowest BCUT2D eigenvalue weighted by atomic mass is 10.3. The number of anilines is 1. The Morgan fingerprint density at radius 2 is 2.19 bits per heavy atom. The summed E-state index contributed by atoms with van der Waals surface area (Å²) >= 11 is 1.51. The maximum absolute atomic E-state index is 5.85. The topological polar surface area (TPSA) is 82.5 Å². The van der Waals surface area contributed by atoms with E-state index in [9.17, 15) is 0 Å². The number of aryl methyl sites for hydroxylation is 1. The zero-order valence-electron chi connectivity index (χ0n) is 8.45. The molecule has 3 aromatic heterocycles. The highest BCUT2D eigenvalue weighted by Gasteiger charge is 2.16. The van der Waals surface area contributed by atoms with Gasteiger partial charge in [0.2, 0.25) is 0 Å². The minimum atomic E-state index is 0.434. The minimum absolute atomic E-state index is 0.434. The molecule has 3 aromatic rings. The van der Waals surface area contributed by atoms with Crippen LogP contribution in [0.5, 0.6) is 0 Å². The Bertz CT molecular complexity index is 641. The average molecular weight is 232 g/mol. The van der Waals surface area contributed by atoms with E-state index in [4.69, 9.17) is 5.73 Å². The SMILES string of the molecule is Cn1nc(-c2nccs2)c2c(N)ncnc21. The summed E-state index contributed by atoms with van der Waals surface area (Å²) in [5, 5.41) is 7.86. The summed E-state index contributed by atoms with van der Waals surface area (Å²) in [7, 11) is 1.83. The van der Waals surface area contributed by atoms with Gasteiger partial charge in [0.25, 0.3) is 0 Å². The molecule has 0 saturated heterocycles. The second-order valence-corrected chi connectivity index (χ2v) is 4.16. The van der Waals surface area contributed by atoms with E-state index in [1.165, 1.54) is 17.7 Å². The van der Waals surface area contributed by atoms with Crippen LogP contribution in [0.25, 0.3) is 21.7 Å². The normalized spacial score (nSPS) is 11.1. The van der Waals surface area contributed by atoms with Gasteiger partial charge in [-0.15, -0.1) is 11.3 Å². The Hall–Kier alpha value is -2.02. The predicted molar refractivity (Wildman–Crippen MR) is 61.8 cm³/mol. The number of fused-ring (bicyclic) bond motifs is 1. The van der Waals surface area contributed by atoms with Gasteiger partial charge < -0.3 is 5.73 Å². The van der Waals surface area contributed by atoms with E-state index in [0.717, 1.165) is 21.7 Å². The van der Waals surface area contributed by atoms with Crippen molar-refractivity contribution in [3.8, 4) is 10.7 Å². The van der Waals surface area contributed by atoms with Crippen molar-refractivity contribution in [1.82, 2.24) is 24.7 Å². The zero-order valence-corrected chi connectivity index (χ0v) is 9.27. The first-order valence-corrected chi connectivity index (χ1v) is 5.48. The maximum atomic E-state index is 5.85. The fourth-order valence-corrected chi connectivity index (χ4v) is 2.23. The van der Waals surface area contributed by atoms with Gasteiger partial charge in [0, 0.05) is 18.6 Å². The number of aromatic nitrogens is 5. The molecule has 0 aliphatic heterocycles. The van der Waals surface area contributed by atoms with Crippen LogP contribution >= 0.6 is 11.3 Å². The van der Waals surface area contributed by atoms with E-state index >= 15 is 0 Å². The molecule has 0 unspecified atom stereocenters. The molecule has 0 amide bonds. The molecule has 0 atom stereocenters. The predicted octanol–water partition coefficient (Wildman–Crippen LogP) is 1.07. The van der Waals surface area contributed by atoms with Gasteiger partial charge >= 0.3 is 0 Å². The molecular formula is C9H8N6S. The van der Waals surface area contributed by atoms with Crippen LogP contribution in [-0.4, -0.2) is 24.7 Å². The van der Waals surface area contributed by atoms with E-state index in [1.807, 2.05) is 12.4 Å². The van der Waals surface area contributed by atoms with Crippen LogP contribution in [0.15, 0.2) is 17.9 Å². The first-order valence-electron chi connectivity index (χ1n) is 4.60. The van der Waals surface area contributed by atoms with Crippen molar-refractivity contribution in [2.45, 2.75) is 0 Å². The van der Waals surface area contributed by atoms with Gasteiger partial charge in [-0.2, -0.15) is 5.10 Å². The summed E-state index contributed by atoms with van der Waals surface area (Å²) in [5.74, 6) is 0.434. The number of nitrogen functional groups attached to an aromatic ring is 1. The fraction of sp³-hybridized carbons (Fsp3) is 0.111. The number of nitrogens with two attached hydrogens (primary N) is 1. The van der Waals surface area contributed by atoms with Crippen LogP contribution in [-0.2, 0) is 7.05 Å². The molecule has 0 saturated carbocycles. The quantitative estimate of drug-likeness (QED) is 0.678. The summed E-state index contributed by atoms with van der Waals surface area (Å²) in [4.78, 5) is 12.4. The Kier molecular flexibility index (Phi) is 1.87. The first-order chi connectivity index (χ1) is 7.77. The largest absolute Gasteiger partial charge is 0.383 e. The number of hydrogen-bond acceptors (Lipinski definition) is 6.